The summed E-state index contributed by atoms with van der Waals surface area (Å²) in [6.45, 7) is 0. The van der Waals surface area contributed by atoms with Crippen LogP contribution in [0.2, 0.25) is 0 Å². The summed E-state index contributed by atoms with van der Waals surface area (Å²) in [5.74, 6) is -1.64. The molecule has 24 heavy (non-hydrogen) atoms. The Morgan fingerprint density at radius 1 is 1.25 bits per heavy atom. The van der Waals surface area contributed by atoms with Gasteiger partial charge in [-0.1, -0.05) is 0 Å². The maximum Gasteiger partial charge on any atom is 0.419 e. The molecule has 0 bridgehead atoms. The molecule has 0 radical (unpaired) electrons. The second kappa shape index (κ2) is 6.08. The van der Waals surface area contributed by atoms with Gasteiger partial charge in [-0.05, 0) is 30.3 Å². The van der Waals surface area contributed by atoms with E-state index in [1.165, 1.54) is 11.6 Å². The van der Waals surface area contributed by atoms with Crippen molar-refractivity contribution in [3.05, 3.63) is 59.0 Å². The summed E-state index contributed by atoms with van der Waals surface area (Å²) >= 11 is 1.15. The zero-order chi connectivity index (χ0) is 17.3. The Labute approximate surface area is 136 Å². The summed E-state index contributed by atoms with van der Waals surface area (Å²) < 4.78 is 56.4. The Morgan fingerprint density at radius 3 is 2.71 bits per heavy atom. The second-order valence-electron chi connectivity index (χ2n) is 4.66. The summed E-state index contributed by atoms with van der Waals surface area (Å²) in [6.07, 6.45) is -3.40. The van der Waals surface area contributed by atoms with Crippen LogP contribution in [0.25, 0.3) is 10.8 Å². The number of hydrogen-bond acceptors (Lipinski definition) is 4. The maximum atomic E-state index is 13.2. The molecule has 1 aromatic carbocycles. The average molecular weight is 356 g/mol. The van der Waals surface area contributed by atoms with E-state index in [1.807, 2.05) is 0 Å². The number of halogens is 4. The van der Waals surface area contributed by atoms with Crippen molar-refractivity contribution in [2.45, 2.75) is 6.18 Å². The van der Waals surface area contributed by atoms with Crippen molar-refractivity contribution in [2.24, 2.45) is 0 Å². The third kappa shape index (κ3) is 3.30. The minimum Gasteiger partial charge on any atom is -0.462 e. The lowest BCUT2D eigenvalue weighted by Gasteiger charge is -2.10. The Bertz CT molecular complexity index is 872. The molecular formula is C15H8F4N2O2S. The zero-order valence-electron chi connectivity index (χ0n) is 11.7. The summed E-state index contributed by atoms with van der Waals surface area (Å²) in [4.78, 5) is 16.1. The van der Waals surface area contributed by atoms with Crippen LogP contribution in [0.1, 0.15) is 16.1 Å². The average Bonchev–Trinajstić information content (AvgIpc) is 3.18. The first kappa shape index (κ1) is 16.2. The minimum atomic E-state index is -4.85. The van der Waals surface area contributed by atoms with Gasteiger partial charge in [0.15, 0.2) is 10.8 Å². The van der Waals surface area contributed by atoms with Crippen molar-refractivity contribution in [3.63, 3.8) is 0 Å². The van der Waals surface area contributed by atoms with E-state index in [-0.39, 0.29) is 11.4 Å². The first-order valence-corrected chi connectivity index (χ1v) is 7.40. The molecule has 0 unspecified atom stereocenters. The number of thiazole rings is 1. The highest BCUT2D eigenvalue weighted by Gasteiger charge is 2.34. The highest BCUT2D eigenvalue weighted by atomic mass is 32.1. The number of rotatable bonds is 3. The molecule has 0 fully saturated rings. The molecule has 0 aliphatic heterocycles. The fourth-order valence-corrected chi connectivity index (χ4v) is 2.67. The van der Waals surface area contributed by atoms with E-state index >= 15 is 0 Å². The first-order valence-electron chi connectivity index (χ1n) is 6.52. The van der Waals surface area contributed by atoms with Crippen LogP contribution >= 0.6 is 11.3 Å². The van der Waals surface area contributed by atoms with E-state index < -0.39 is 23.5 Å². The SMILES string of the molecule is O=C(Nc1ccc(F)c(C(F)(F)F)c1)c1csc(-c2ccco2)n1. The van der Waals surface area contributed by atoms with Crippen molar-refractivity contribution in [1.29, 1.82) is 0 Å². The van der Waals surface area contributed by atoms with E-state index in [2.05, 4.69) is 10.3 Å². The molecule has 3 aromatic rings. The monoisotopic (exact) mass is 356 g/mol. The lowest BCUT2D eigenvalue weighted by atomic mass is 10.2. The normalized spacial score (nSPS) is 11.5. The molecule has 0 saturated heterocycles. The molecule has 0 saturated carbocycles. The van der Waals surface area contributed by atoms with E-state index in [0.29, 0.717) is 22.9 Å². The zero-order valence-corrected chi connectivity index (χ0v) is 12.5. The van der Waals surface area contributed by atoms with Gasteiger partial charge in [0.2, 0.25) is 0 Å². The van der Waals surface area contributed by atoms with E-state index in [9.17, 15) is 22.4 Å². The van der Waals surface area contributed by atoms with Crippen molar-refractivity contribution in [3.8, 4) is 10.8 Å². The minimum absolute atomic E-state index is 0.0179. The molecule has 1 N–H and O–H groups in total. The molecule has 9 heteroatoms. The van der Waals surface area contributed by atoms with E-state index in [1.54, 1.807) is 12.1 Å². The molecule has 2 heterocycles. The van der Waals surface area contributed by atoms with Crippen molar-refractivity contribution in [2.75, 3.05) is 5.32 Å². The smallest absolute Gasteiger partial charge is 0.419 e. The maximum absolute atomic E-state index is 13.2. The number of nitrogens with one attached hydrogen (secondary N) is 1. The van der Waals surface area contributed by atoms with Crippen LogP contribution in [0, 0.1) is 5.82 Å². The molecule has 0 atom stereocenters. The molecule has 4 nitrogen and oxygen atoms in total. The van der Waals surface area contributed by atoms with Crippen LogP contribution in [-0.2, 0) is 6.18 Å². The number of benzene rings is 1. The Morgan fingerprint density at radius 2 is 2.04 bits per heavy atom. The van der Waals surface area contributed by atoms with Crippen LogP contribution in [0.5, 0.6) is 0 Å². The number of furan rings is 1. The van der Waals surface area contributed by atoms with Gasteiger partial charge in [-0.25, -0.2) is 9.37 Å². The van der Waals surface area contributed by atoms with Crippen LogP contribution in [0.3, 0.4) is 0 Å². The third-order valence-corrected chi connectivity index (χ3v) is 3.86. The predicted molar refractivity (Wildman–Crippen MR) is 79.2 cm³/mol. The highest BCUT2D eigenvalue weighted by Crippen LogP contribution is 2.33. The van der Waals surface area contributed by atoms with Crippen molar-refractivity contribution in [1.82, 2.24) is 4.98 Å². The Hall–Kier alpha value is -2.68. The second-order valence-corrected chi connectivity index (χ2v) is 5.52. The van der Waals surface area contributed by atoms with Gasteiger partial charge in [0.25, 0.3) is 5.91 Å². The lowest BCUT2D eigenvalue weighted by Crippen LogP contribution is -2.14. The number of anilines is 1. The molecule has 3 rings (SSSR count). The quantitative estimate of drug-likeness (QED) is 0.685. The number of aromatic nitrogens is 1. The van der Waals surface area contributed by atoms with Crippen molar-refractivity contribution < 1.29 is 26.8 Å². The first-order chi connectivity index (χ1) is 11.3. The standard InChI is InChI=1S/C15H8F4N2O2S/c16-10-4-3-8(6-9(10)15(17,18)19)20-13(22)11-7-24-14(21-11)12-2-1-5-23-12/h1-7H,(H,20,22). The van der Waals surface area contributed by atoms with Crippen LogP contribution in [0.4, 0.5) is 23.2 Å². The number of alkyl halides is 3. The third-order valence-electron chi connectivity index (χ3n) is 3.00. The predicted octanol–water partition coefficient (Wildman–Crippen LogP) is 4.81. The summed E-state index contributed by atoms with van der Waals surface area (Å²) in [5.41, 5.74) is -1.61. The van der Waals surface area contributed by atoms with Gasteiger partial charge < -0.3 is 9.73 Å². The van der Waals surface area contributed by atoms with Gasteiger partial charge in [-0.2, -0.15) is 13.2 Å². The number of hydrogen-bond donors (Lipinski definition) is 1. The van der Waals surface area contributed by atoms with E-state index in [0.717, 1.165) is 17.4 Å². The fraction of sp³-hybridized carbons (Fsp3) is 0.0667. The van der Waals surface area contributed by atoms with Crippen LogP contribution < -0.4 is 5.32 Å². The van der Waals surface area contributed by atoms with Crippen LogP contribution in [0.15, 0.2) is 46.4 Å². The number of carbonyl (C=O) groups is 1. The lowest BCUT2D eigenvalue weighted by molar-refractivity contribution is -0.139. The van der Waals surface area contributed by atoms with Gasteiger partial charge in [0, 0.05) is 11.1 Å². The molecule has 2 aromatic heterocycles. The largest absolute Gasteiger partial charge is 0.462 e. The highest BCUT2D eigenvalue weighted by molar-refractivity contribution is 7.13. The molecule has 1 amide bonds. The van der Waals surface area contributed by atoms with Gasteiger partial charge in [0.05, 0.1) is 11.8 Å². The summed E-state index contributed by atoms with van der Waals surface area (Å²) in [7, 11) is 0. The van der Waals surface area contributed by atoms with Gasteiger partial charge in [0.1, 0.15) is 11.5 Å². The number of carbonyl (C=O) groups excluding carboxylic acids is 1. The van der Waals surface area contributed by atoms with Gasteiger partial charge in [-0.15, -0.1) is 11.3 Å². The molecule has 0 aliphatic rings. The topological polar surface area (TPSA) is 55.1 Å². The van der Waals surface area contributed by atoms with Crippen molar-refractivity contribution >= 4 is 22.9 Å². The number of amides is 1. The van der Waals surface area contributed by atoms with E-state index in [4.69, 9.17) is 4.42 Å². The van der Waals surface area contributed by atoms with Crippen LogP contribution in [-0.4, -0.2) is 10.9 Å². The Kier molecular flexibility index (Phi) is 4.10. The molecule has 0 spiro atoms. The molecular weight excluding hydrogens is 348 g/mol. The van der Waals surface area contributed by atoms with Gasteiger partial charge in [-0.3, -0.25) is 4.79 Å². The Balaban J connectivity index is 1.80. The summed E-state index contributed by atoms with van der Waals surface area (Å²) in [6, 6.07) is 5.55. The summed E-state index contributed by atoms with van der Waals surface area (Å²) in [5, 5.41) is 4.17. The number of nitrogens with zero attached hydrogens (tertiary/aromatic N) is 1. The molecule has 124 valence electrons. The molecule has 0 aliphatic carbocycles. The fourth-order valence-electron chi connectivity index (χ4n) is 1.91. The van der Waals surface area contributed by atoms with Gasteiger partial charge >= 0.3 is 6.18 Å².